The van der Waals surface area contributed by atoms with Crippen LogP contribution in [0.3, 0.4) is 0 Å². The summed E-state index contributed by atoms with van der Waals surface area (Å²) in [6.07, 6.45) is 4.44. The first-order chi connectivity index (χ1) is 13.4. The van der Waals surface area contributed by atoms with Gasteiger partial charge in [-0.3, -0.25) is 4.90 Å². The Balaban J connectivity index is 1.32. The van der Waals surface area contributed by atoms with Gasteiger partial charge in [0.05, 0.1) is 19.3 Å². The fraction of sp³-hybridized carbons (Fsp3) is 0.500. The van der Waals surface area contributed by atoms with Gasteiger partial charge in [0.2, 0.25) is 0 Å². The van der Waals surface area contributed by atoms with Crippen molar-refractivity contribution in [3.8, 4) is 0 Å². The lowest BCUT2D eigenvalue weighted by Gasteiger charge is -2.37. The highest BCUT2D eigenvalue weighted by atomic mass is 16.5. The van der Waals surface area contributed by atoms with Gasteiger partial charge in [0.1, 0.15) is 0 Å². The minimum absolute atomic E-state index is 0.285. The molecule has 0 N–H and O–H groups in total. The highest BCUT2D eigenvalue weighted by molar-refractivity contribution is 5.75. The maximum absolute atomic E-state index is 6.24. The number of para-hydroxylation sites is 2. The average Bonchev–Trinajstić information content (AvgIpc) is 3.61. The normalized spacial score (nSPS) is 29.5. The van der Waals surface area contributed by atoms with E-state index in [1.54, 1.807) is 0 Å². The lowest BCUT2D eigenvalue weighted by Crippen LogP contribution is -2.47. The molecule has 4 aliphatic rings. The fourth-order valence-electron chi connectivity index (χ4n) is 5.23. The van der Waals surface area contributed by atoms with Crippen molar-refractivity contribution in [3.63, 3.8) is 0 Å². The Morgan fingerprint density at radius 2 is 1.52 bits per heavy atom. The first-order valence-electron chi connectivity index (χ1n) is 10.7. The Labute approximate surface area is 161 Å². The van der Waals surface area contributed by atoms with Crippen molar-refractivity contribution in [2.45, 2.75) is 37.2 Å². The van der Waals surface area contributed by atoms with Crippen LogP contribution in [0.2, 0.25) is 0 Å². The molecule has 1 saturated heterocycles. The van der Waals surface area contributed by atoms with Crippen LogP contribution in [0.4, 0.5) is 11.4 Å². The molecule has 3 nitrogen and oxygen atoms in total. The molecular weight excluding hydrogens is 332 g/mol. The van der Waals surface area contributed by atoms with Crippen LogP contribution in [0.5, 0.6) is 0 Å². The number of rotatable bonds is 4. The zero-order valence-electron chi connectivity index (χ0n) is 15.9. The molecule has 0 bridgehead atoms. The van der Waals surface area contributed by atoms with Crippen molar-refractivity contribution in [3.05, 3.63) is 59.7 Å². The zero-order chi connectivity index (χ0) is 17.8. The van der Waals surface area contributed by atoms with Crippen LogP contribution >= 0.6 is 0 Å². The molecule has 3 unspecified atom stereocenters. The van der Waals surface area contributed by atoms with Gasteiger partial charge in [0, 0.05) is 31.0 Å². The van der Waals surface area contributed by atoms with Crippen molar-refractivity contribution < 1.29 is 4.74 Å². The van der Waals surface area contributed by atoms with Crippen molar-refractivity contribution >= 4 is 11.4 Å². The fourth-order valence-corrected chi connectivity index (χ4v) is 5.23. The summed E-state index contributed by atoms with van der Waals surface area (Å²) in [4.78, 5) is 5.20. The molecule has 2 saturated carbocycles. The maximum atomic E-state index is 6.24. The number of nitrogens with zero attached hydrogens (tertiary/aromatic N) is 2. The summed E-state index contributed by atoms with van der Waals surface area (Å²) in [6.45, 7) is 5.28. The summed E-state index contributed by atoms with van der Waals surface area (Å²) < 4.78 is 6.24. The third kappa shape index (κ3) is 2.97. The summed E-state index contributed by atoms with van der Waals surface area (Å²) in [5.74, 6) is 2.35. The summed E-state index contributed by atoms with van der Waals surface area (Å²) in [7, 11) is 0. The van der Waals surface area contributed by atoms with Gasteiger partial charge in [-0.2, -0.15) is 0 Å². The molecule has 0 aromatic heterocycles. The Morgan fingerprint density at radius 3 is 2.19 bits per heavy atom. The highest BCUT2D eigenvalue weighted by Gasteiger charge is 2.45. The molecule has 0 amide bonds. The number of hydrogen-bond donors (Lipinski definition) is 0. The Morgan fingerprint density at radius 1 is 0.852 bits per heavy atom. The molecule has 2 aliphatic carbocycles. The monoisotopic (exact) mass is 360 g/mol. The van der Waals surface area contributed by atoms with Gasteiger partial charge >= 0.3 is 0 Å². The number of ether oxygens (including phenoxy) is 1. The minimum atomic E-state index is 0.285. The lowest BCUT2D eigenvalue weighted by atomic mass is 10.0. The van der Waals surface area contributed by atoms with Crippen molar-refractivity contribution in [2.24, 2.45) is 5.92 Å². The molecule has 2 aromatic carbocycles. The summed E-state index contributed by atoms with van der Waals surface area (Å²) in [5, 5.41) is 0. The van der Waals surface area contributed by atoms with E-state index in [-0.39, 0.29) is 6.10 Å². The third-order valence-corrected chi connectivity index (χ3v) is 6.87. The first-order valence-corrected chi connectivity index (χ1v) is 10.7. The molecule has 2 heterocycles. The molecule has 3 atom stereocenters. The van der Waals surface area contributed by atoms with Crippen molar-refractivity contribution in [1.29, 1.82) is 0 Å². The van der Waals surface area contributed by atoms with Crippen LogP contribution in [-0.4, -0.2) is 43.8 Å². The van der Waals surface area contributed by atoms with Crippen LogP contribution in [0.25, 0.3) is 0 Å². The van der Waals surface area contributed by atoms with Gasteiger partial charge in [-0.05, 0) is 60.3 Å². The summed E-state index contributed by atoms with van der Waals surface area (Å²) >= 11 is 0. The molecule has 2 aromatic rings. The second-order valence-corrected chi connectivity index (χ2v) is 8.87. The molecule has 6 rings (SSSR count). The zero-order valence-corrected chi connectivity index (χ0v) is 15.9. The Hall–Kier alpha value is -1.84. The number of hydrogen-bond acceptors (Lipinski definition) is 3. The van der Waals surface area contributed by atoms with E-state index >= 15 is 0 Å². The van der Waals surface area contributed by atoms with E-state index < -0.39 is 0 Å². The molecular formula is C24H28N2O. The molecule has 2 aliphatic heterocycles. The van der Waals surface area contributed by atoms with E-state index in [9.17, 15) is 0 Å². The second kappa shape index (κ2) is 6.35. The first kappa shape index (κ1) is 16.1. The third-order valence-electron chi connectivity index (χ3n) is 6.87. The Bertz CT molecular complexity index is 794. The van der Waals surface area contributed by atoms with E-state index in [0.717, 1.165) is 32.2 Å². The van der Waals surface area contributed by atoms with Gasteiger partial charge in [-0.15, -0.1) is 0 Å². The molecule has 27 heavy (non-hydrogen) atoms. The van der Waals surface area contributed by atoms with E-state index in [1.165, 1.54) is 48.3 Å². The molecule has 140 valence electrons. The topological polar surface area (TPSA) is 15.7 Å². The molecule has 0 spiro atoms. The minimum Gasteiger partial charge on any atom is -0.374 e. The van der Waals surface area contributed by atoms with Crippen LogP contribution in [0, 0.1) is 5.92 Å². The van der Waals surface area contributed by atoms with Crippen LogP contribution in [0.15, 0.2) is 48.5 Å². The predicted molar refractivity (Wildman–Crippen MR) is 109 cm³/mol. The largest absolute Gasteiger partial charge is 0.374 e. The van der Waals surface area contributed by atoms with Gasteiger partial charge in [0.25, 0.3) is 0 Å². The van der Waals surface area contributed by atoms with Gasteiger partial charge in [-0.1, -0.05) is 36.4 Å². The van der Waals surface area contributed by atoms with Crippen LogP contribution in [0.1, 0.15) is 42.2 Å². The van der Waals surface area contributed by atoms with E-state index in [2.05, 4.69) is 58.3 Å². The number of fused-ring (bicyclic) bond motifs is 5. The van der Waals surface area contributed by atoms with Gasteiger partial charge < -0.3 is 9.64 Å². The number of anilines is 2. The number of benzene rings is 2. The Kier molecular flexibility index (Phi) is 3.80. The SMILES string of the molecule is c1ccc2c(c1)C1CC1c1ccccc1N2CC1CN(CC2CC2)CCO1. The second-order valence-electron chi connectivity index (χ2n) is 8.87. The highest BCUT2D eigenvalue weighted by Crippen LogP contribution is 2.61. The molecule has 0 radical (unpaired) electrons. The van der Waals surface area contributed by atoms with E-state index in [0.29, 0.717) is 11.8 Å². The predicted octanol–water partition coefficient (Wildman–Crippen LogP) is 4.52. The smallest absolute Gasteiger partial charge is 0.0881 e. The summed E-state index contributed by atoms with van der Waals surface area (Å²) in [5.41, 5.74) is 5.87. The van der Waals surface area contributed by atoms with Crippen LogP contribution < -0.4 is 4.90 Å². The molecule has 3 fully saturated rings. The lowest BCUT2D eigenvalue weighted by molar-refractivity contribution is -0.0243. The summed E-state index contributed by atoms with van der Waals surface area (Å²) in [6, 6.07) is 18.1. The van der Waals surface area contributed by atoms with Crippen molar-refractivity contribution in [1.82, 2.24) is 4.90 Å². The van der Waals surface area contributed by atoms with Gasteiger partial charge in [0.15, 0.2) is 0 Å². The molecule has 3 heteroatoms. The number of morpholine rings is 1. The maximum Gasteiger partial charge on any atom is 0.0881 e. The van der Waals surface area contributed by atoms with E-state index in [1.807, 2.05) is 0 Å². The standard InChI is InChI=1S/C24H28N2O/c1-3-7-23-19(5-1)21-13-22(21)20-6-2-4-8-24(20)26(23)16-18-15-25(11-12-27-18)14-17-9-10-17/h1-8,17-18,21-22H,9-16H2. The average molecular weight is 361 g/mol. The van der Waals surface area contributed by atoms with E-state index in [4.69, 9.17) is 4.74 Å². The van der Waals surface area contributed by atoms with Crippen molar-refractivity contribution in [2.75, 3.05) is 37.7 Å². The quantitative estimate of drug-likeness (QED) is 0.797. The van der Waals surface area contributed by atoms with Gasteiger partial charge in [-0.25, -0.2) is 0 Å². The van der Waals surface area contributed by atoms with Crippen LogP contribution in [-0.2, 0) is 4.74 Å².